The monoisotopic (exact) mass is 237 g/mol. The molecule has 17 heavy (non-hydrogen) atoms. The first-order valence-electron chi connectivity index (χ1n) is 6.09. The lowest BCUT2D eigenvalue weighted by atomic mass is 9.71. The van der Waals surface area contributed by atoms with Crippen LogP contribution in [0.5, 0.6) is 0 Å². The number of aromatic nitrogens is 1. The van der Waals surface area contributed by atoms with Crippen molar-refractivity contribution in [3.05, 3.63) is 30.1 Å². The van der Waals surface area contributed by atoms with Crippen LogP contribution in [0.4, 0.5) is 0 Å². The molecule has 1 aromatic heterocycles. The van der Waals surface area contributed by atoms with Gasteiger partial charge in [-0.05, 0) is 31.4 Å². The molecule has 3 nitrogen and oxygen atoms in total. The Morgan fingerprint density at radius 3 is 2.41 bits per heavy atom. The van der Waals surface area contributed by atoms with Crippen LogP contribution in [-0.4, -0.2) is 22.8 Å². The maximum absolute atomic E-state index is 11.0. The zero-order chi connectivity index (χ0) is 13.1. The third-order valence-corrected chi connectivity index (χ3v) is 3.20. The highest BCUT2D eigenvalue weighted by Crippen LogP contribution is 2.42. The minimum Gasteiger partial charge on any atom is -0.380 e. The molecule has 3 heteroatoms. The van der Waals surface area contributed by atoms with E-state index < -0.39 is 5.60 Å². The van der Waals surface area contributed by atoms with Crippen molar-refractivity contribution in [1.82, 2.24) is 4.98 Å². The van der Waals surface area contributed by atoms with Crippen LogP contribution >= 0.6 is 0 Å². The van der Waals surface area contributed by atoms with Crippen molar-refractivity contribution in [2.75, 3.05) is 6.61 Å². The summed E-state index contributed by atoms with van der Waals surface area (Å²) < 4.78 is 5.60. The van der Waals surface area contributed by atoms with Crippen molar-refractivity contribution in [3.63, 3.8) is 0 Å². The molecule has 0 fully saturated rings. The molecule has 0 saturated carbocycles. The summed E-state index contributed by atoms with van der Waals surface area (Å²) in [6.07, 6.45) is 1.40. The quantitative estimate of drug-likeness (QED) is 0.875. The van der Waals surface area contributed by atoms with Gasteiger partial charge in [0.15, 0.2) is 0 Å². The van der Waals surface area contributed by atoms with E-state index in [0.29, 0.717) is 12.3 Å². The smallest absolute Gasteiger partial charge is 0.137 e. The average Bonchev–Trinajstić information content (AvgIpc) is 2.28. The van der Waals surface area contributed by atoms with E-state index in [1.165, 1.54) is 0 Å². The fraction of sp³-hybridized carbons (Fsp3) is 0.643. The number of ether oxygens (including phenoxy) is 1. The van der Waals surface area contributed by atoms with Gasteiger partial charge < -0.3 is 9.84 Å². The van der Waals surface area contributed by atoms with Crippen molar-refractivity contribution in [2.24, 2.45) is 5.41 Å². The van der Waals surface area contributed by atoms with E-state index in [0.717, 1.165) is 0 Å². The molecule has 0 bridgehead atoms. The van der Waals surface area contributed by atoms with Crippen LogP contribution in [0.2, 0.25) is 0 Å². The van der Waals surface area contributed by atoms with Crippen LogP contribution in [0, 0.1) is 5.41 Å². The van der Waals surface area contributed by atoms with E-state index in [1.807, 2.05) is 52.8 Å². The zero-order valence-electron chi connectivity index (χ0n) is 11.4. The van der Waals surface area contributed by atoms with E-state index in [1.54, 1.807) is 6.20 Å². The predicted molar refractivity (Wildman–Crippen MR) is 68.7 cm³/mol. The molecule has 0 aliphatic rings. The fourth-order valence-electron chi connectivity index (χ4n) is 2.16. The molecule has 1 N–H and O–H groups in total. The molecule has 1 aromatic rings. The molecule has 1 heterocycles. The topological polar surface area (TPSA) is 42.4 Å². The summed E-state index contributed by atoms with van der Waals surface area (Å²) in [5, 5.41) is 11.0. The second-order valence-corrected chi connectivity index (χ2v) is 5.33. The Kier molecular flexibility index (Phi) is 4.28. The van der Waals surface area contributed by atoms with Gasteiger partial charge in [0.25, 0.3) is 0 Å². The molecule has 0 radical (unpaired) electrons. The molecule has 0 aliphatic heterocycles. The number of rotatable bonds is 4. The number of hydrogen-bond donors (Lipinski definition) is 1. The van der Waals surface area contributed by atoms with Gasteiger partial charge in [0.05, 0.1) is 11.8 Å². The number of hydrogen-bond acceptors (Lipinski definition) is 3. The van der Waals surface area contributed by atoms with Gasteiger partial charge in [0, 0.05) is 12.8 Å². The number of pyridine rings is 1. The van der Waals surface area contributed by atoms with Gasteiger partial charge in [0.2, 0.25) is 0 Å². The average molecular weight is 237 g/mol. The molecular weight excluding hydrogens is 214 g/mol. The standard InChI is InChI=1S/C14H23NO2/c1-6-17-11(2)14(16,13(3,4)5)12-9-7-8-10-15-12/h7-11,16H,6H2,1-5H3. The molecule has 0 spiro atoms. The SMILES string of the molecule is CCOC(C)C(O)(c1ccccn1)C(C)(C)C. The number of nitrogens with zero attached hydrogens (tertiary/aromatic N) is 1. The lowest BCUT2D eigenvalue weighted by Crippen LogP contribution is -2.50. The van der Waals surface area contributed by atoms with E-state index in [-0.39, 0.29) is 11.5 Å². The van der Waals surface area contributed by atoms with Crippen molar-refractivity contribution < 1.29 is 9.84 Å². The molecule has 1 rings (SSSR count). The molecule has 2 atom stereocenters. The molecule has 0 aromatic carbocycles. The van der Waals surface area contributed by atoms with E-state index in [2.05, 4.69) is 4.98 Å². The number of aliphatic hydroxyl groups is 1. The highest BCUT2D eigenvalue weighted by atomic mass is 16.5. The van der Waals surface area contributed by atoms with E-state index >= 15 is 0 Å². The predicted octanol–water partition coefficient (Wildman–Crippen LogP) is 2.74. The molecule has 96 valence electrons. The first kappa shape index (κ1) is 14.1. The van der Waals surface area contributed by atoms with Crippen molar-refractivity contribution in [3.8, 4) is 0 Å². The lowest BCUT2D eigenvalue weighted by Gasteiger charge is -2.43. The van der Waals surface area contributed by atoms with Crippen LogP contribution < -0.4 is 0 Å². The molecular formula is C14H23NO2. The summed E-state index contributed by atoms with van der Waals surface area (Å²) in [5.74, 6) is 0. The van der Waals surface area contributed by atoms with Gasteiger partial charge in [-0.2, -0.15) is 0 Å². The van der Waals surface area contributed by atoms with E-state index in [4.69, 9.17) is 4.74 Å². The van der Waals surface area contributed by atoms with Crippen molar-refractivity contribution in [1.29, 1.82) is 0 Å². The first-order chi connectivity index (χ1) is 7.84. The maximum Gasteiger partial charge on any atom is 0.137 e. The Hall–Kier alpha value is -0.930. The summed E-state index contributed by atoms with van der Waals surface area (Å²) in [6.45, 7) is 10.4. The third-order valence-electron chi connectivity index (χ3n) is 3.20. The highest BCUT2D eigenvalue weighted by molar-refractivity contribution is 5.18. The van der Waals surface area contributed by atoms with E-state index in [9.17, 15) is 5.11 Å². The van der Waals surface area contributed by atoms with Crippen LogP contribution in [0.3, 0.4) is 0 Å². The first-order valence-corrected chi connectivity index (χ1v) is 6.09. The summed E-state index contributed by atoms with van der Waals surface area (Å²) in [6, 6.07) is 5.58. The van der Waals surface area contributed by atoms with Gasteiger partial charge in [-0.1, -0.05) is 26.8 Å². The largest absolute Gasteiger partial charge is 0.380 e. The highest BCUT2D eigenvalue weighted by Gasteiger charge is 2.47. The Bertz CT molecular complexity index is 345. The molecule has 0 aliphatic carbocycles. The van der Waals surface area contributed by atoms with Crippen molar-refractivity contribution in [2.45, 2.75) is 46.3 Å². The maximum atomic E-state index is 11.0. The second-order valence-electron chi connectivity index (χ2n) is 5.33. The summed E-state index contributed by atoms with van der Waals surface area (Å²) >= 11 is 0. The Labute approximate surface area is 104 Å². The summed E-state index contributed by atoms with van der Waals surface area (Å²) in [4.78, 5) is 4.29. The van der Waals surface area contributed by atoms with Gasteiger partial charge in [-0.3, -0.25) is 4.98 Å². The zero-order valence-corrected chi connectivity index (χ0v) is 11.4. The summed E-state index contributed by atoms with van der Waals surface area (Å²) in [5.41, 5.74) is -0.784. The Morgan fingerprint density at radius 1 is 1.35 bits per heavy atom. The van der Waals surface area contributed by atoms with Gasteiger partial charge in [-0.15, -0.1) is 0 Å². The minimum atomic E-state index is -1.09. The Balaban J connectivity index is 3.21. The molecule has 0 amide bonds. The van der Waals surface area contributed by atoms with Crippen LogP contribution in [-0.2, 0) is 10.3 Å². The van der Waals surface area contributed by atoms with Gasteiger partial charge >= 0.3 is 0 Å². The normalized spacial score (nSPS) is 17.5. The minimum absolute atomic E-state index is 0.303. The fourth-order valence-corrected chi connectivity index (χ4v) is 2.16. The summed E-state index contributed by atoms with van der Waals surface area (Å²) in [7, 11) is 0. The van der Waals surface area contributed by atoms with Crippen LogP contribution in [0.15, 0.2) is 24.4 Å². The van der Waals surface area contributed by atoms with Gasteiger partial charge in [0.1, 0.15) is 5.60 Å². The van der Waals surface area contributed by atoms with Crippen molar-refractivity contribution >= 4 is 0 Å². The Morgan fingerprint density at radius 2 is 2.00 bits per heavy atom. The molecule has 2 unspecified atom stereocenters. The molecule has 0 saturated heterocycles. The lowest BCUT2D eigenvalue weighted by molar-refractivity contribution is -0.165. The van der Waals surface area contributed by atoms with Gasteiger partial charge in [-0.25, -0.2) is 0 Å². The third kappa shape index (κ3) is 2.67. The van der Waals surface area contributed by atoms with Crippen LogP contribution in [0.25, 0.3) is 0 Å². The second kappa shape index (κ2) is 5.15. The van der Waals surface area contributed by atoms with Crippen LogP contribution in [0.1, 0.15) is 40.3 Å².